The fraction of sp³-hybridized carbons (Fsp3) is 0.615. The van der Waals surface area contributed by atoms with Crippen LogP contribution in [0.1, 0.15) is 37.1 Å². The van der Waals surface area contributed by atoms with Crippen LogP contribution in [-0.2, 0) is 9.53 Å². The van der Waals surface area contributed by atoms with Gasteiger partial charge in [0.2, 0.25) is 0 Å². The Morgan fingerprint density at radius 2 is 2.11 bits per heavy atom. The molecule has 1 aromatic rings. The Hall–Kier alpha value is -1.65. The van der Waals surface area contributed by atoms with Gasteiger partial charge >= 0.3 is 5.97 Å². The van der Waals surface area contributed by atoms with Crippen molar-refractivity contribution in [3.63, 3.8) is 0 Å². The zero-order valence-corrected chi connectivity index (χ0v) is 11.3. The zero-order chi connectivity index (χ0) is 13.4. The Labute approximate surface area is 108 Å². The van der Waals surface area contributed by atoms with E-state index >= 15 is 0 Å². The fourth-order valence-electron chi connectivity index (χ4n) is 1.58. The van der Waals surface area contributed by atoms with Crippen molar-refractivity contribution in [3.05, 3.63) is 17.6 Å². The van der Waals surface area contributed by atoms with Gasteiger partial charge in [-0.1, -0.05) is 6.42 Å². The first-order valence-corrected chi connectivity index (χ1v) is 6.24. The largest absolute Gasteiger partial charge is 0.469 e. The van der Waals surface area contributed by atoms with Gasteiger partial charge in [0.25, 0.3) is 0 Å². The van der Waals surface area contributed by atoms with Crippen LogP contribution < -0.4 is 5.32 Å². The molecule has 0 spiro atoms. The third kappa shape index (κ3) is 5.12. The number of hydrogen-bond donors (Lipinski definition) is 1. The van der Waals surface area contributed by atoms with E-state index in [1.807, 2.05) is 13.8 Å². The van der Waals surface area contributed by atoms with E-state index in [0.717, 1.165) is 43.0 Å². The molecule has 0 aromatic carbocycles. The van der Waals surface area contributed by atoms with Crippen LogP contribution in [0.4, 0.5) is 5.82 Å². The molecule has 0 aliphatic heterocycles. The highest BCUT2D eigenvalue weighted by atomic mass is 16.5. The van der Waals surface area contributed by atoms with Crippen LogP contribution in [0.2, 0.25) is 0 Å². The molecule has 0 fully saturated rings. The number of nitrogens with one attached hydrogen (secondary N) is 1. The van der Waals surface area contributed by atoms with Crippen molar-refractivity contribution in [2.45, 2.75) is 39.5 Å². The predicted octanol–water partition coefficient (Wildman–Crippen LogP) is 2.24. The lowest BCUT2D eigenvalue weighted by molar-refractivity contribution is -0.140. The molecular formula is C13H21N3O2. The number of rotatable bonds is 7. The maximum absolute atomic E-state index is 10.9. The number of hydrogen-bond acceptors (Lipinski definition) is 5. The fourth-order valence-corrected chi connectivity index (χ4v) is 1.58. The van der Waals surface area contributed by atoms with E-state index in [0.29, 0.717) is 6.42 Å². The van der Waals surface area contributed by atoms with Gasteiger partial charge in [0, 0.05) is 19.2 Å². The van der Waals surface area contributed by atoms with Crippen molar-refractivity contribution in [1.82, 2.24) is 9.97 Å². The molecule has 1 aromatic heterocycles. The number of anilines is 1. The summed E-state index contributed by atoms with van der Waals surface area (Å²) >= 11 is 0. The summed E-state index contributed by atoms with van der Waals surface area (Å²) in [5.41, 5.74) is 1.82. The van der Waals surface area contributed by atoms with Gasteiger partial charge in [-0.25, -0.2) is 4.98 Å². The summed E-state index contributed by atoms with van der Waals surface area (Å²) in [5, 5.41) is 3.27. The third-order valence-electron chi connectivity index (χ3n) is 2.65. The number of esters is 1. The van der Waals surface area contributed by atoms with Gasteiger partial charge in [0.15, 0.2) is 0 Å². The molecule has 0 unspecified atom stereocenters. The maximum atomic E-state index is 10.9. The number of methoxy groups -OCH3 is 1. The molecule has 0 saturated carbocycles. The summed E-state index contributed by atoms with van der Waals surface area (Å²) in [6.45, 7) is 4.71. The van der Waals surface area contributed by atoms with Gasteiger partial charge in [-0.15, -0.1) is 0 Å². The number of aromatic nitrogens is 2. The van der Waals surface area contributed by atoms with Gasteiger partial charge in [-0.3, -0.25) is 9.78 Å². The Morgan fingerprint density at radius 3 is 2.83 bits per heavy atom. The molecule has 1 rings (SSSR count). The molecule has 0 aliphatic carbocycles. The first kappa shape index (κ1) is 14.4. The van der Waals surface area contributed by atoms with E-state index in [2.05, 4.69) is 20.0 Å². The molecule has 0 bridgehead atoms. The van der Waals surface area contributed by atoms with Crippen LogP contribution in [0.15, 0.2) is 6.20 Å². The summed E-state index contributed by atoms with van der Waals surface area (Å²) in [6, 6.07) is 0. The molecule has 5 heteroatoms. The standard InChI is InChI=1S/C13H21N3O2/c1-10-9-15-11(2)13(16-10)14-8-6-4-5-7-12(17)18-3/h9H,4-8H2,1-3H3,(H,14,16). The van der Waals surface area contributed by atoms with Gasteiger partial charge in [-0.2, -0.15) is 0 Å². The molecule has 0 atom stereocenters. The smallest absolute Gasteiger partial charge is 0.305 e. The van der Waals surface area contributed by atoms with Crippen LogP contribution in [0.5, 0.6) is 0 Å². The number of aryl methyl sites for hydroxylation is 2. The number of carbonyl (C=O) groups is 1. The zero-order valence-electron chi connectivity index (χ0n) is 11.3. The van der Waals surface area contributed by atoms with Crippen LogP contribution in [0.3, 0.4) is 0 Å². The second-order valence-corrected chi connectivity index (χ2v) is 4.26. The molecule has 0 radical (unpaired) electrons. The molecule has 5 nitrogen and oxygen atoms in total. The van der Waals surface area contributed by atoms with E-state index in [-0.39, 0.29) is 5.97 Å². The second kappa shape index (κ2) is 7.63. The normalized spacial score (nSPS) is 10.2. The quantitative estimate of drug-likeness (QED) is 0.594. The van der Waals surface area contributed by atoms with Crippen LogP contribution in [-0.4, -0.2) is 29.6 Å². The highest BCUT2D eigenvalue weighted by Crippen LogP contribution is 2.09. The van der Waals surface area contributed by atoms with Gasteiger partial charge in [0.1, 0.15) is 5.82 Å². The summed E-state index contributed by atoms with van der Waals surface area (Å²) in [6.07, 6.45) is 5.13. The van der Waals surface area contributed by atoms with E-state index in [1.54, 1.807) is 6.20 Å². The first-order valence-electron chi connectivity index (χ1n) is 6.24. The molecule has 0 aliphatic rings. The van der Waals surface area contributed by atoms with Crippen LogP contribution in [0.25, 0.3) is 0 Å². The Balaban J connectivity index is 2.18. The Bertz CT molecular complexity index is 394. The number of nitrogens with zero attached hydrogens (tertiary/aromatic N) is 2. The maximum Gasteiger partial charge on any atom is 0.305 e. The van der Waals surface area contributed by atoms with Crippen molar-refractivity contribution in [1.29, 1.82) is 0 Å². The average molecular weight is 251 g/mol. The summed E-state index contributed by atoms with van der Waals surface area (Å²) < 4.78 is 4.58. The van der Waals surface area contributed by atoms with E-state index in [1.165, 1.54) is 7.11 Å². The van der Waals surface area contributed by atoms with Crippen molar-refractivity contribution in [2.24, 2.45) is 0 Å². The lowest BCUT2D eigenvalue weighted by Gasteiger charge is -2.08. The SMILES string of the molecule is COC(=O)CCCCCNc1nc(C)cnc1C. The highest BCUT2D eigenvalue weighted by Gasteiger charge is 2.02. The summed E-state index contributed by atoms with van der Waals surface area (Å²) in [5.74, 6) is 0.714. The van der Waals surface area contributed by atoms with Crippen molar-refractivity contribution in [3.8, 4) is 0 Å². The molecular weight excluding hydrogens is 230 g/mol. The highest BCUT2D eigenvalue weighted by molar-refractivity contribution is 5.68. The van der Waals surface area contributed by atoms with E-state index in [4.69, 9.17) is 0 Å². The van der Waals surface area contributed by atoms with Crippen molar-refractivity contribution in [2.75, 3.05) is 19.0 Å². The van der Waals surface area contributed by atoms with Crippen molar-refractivity contribution < 1.29 is 9.53 Å². The molecule has 18 heavy (non-hydrogen) atoms. The molecule has 1 heterocycles. The Morgan fingerprint density at radius 1 is 1.33 bits per heavy atom. The lowest BCUT2D eigenvalue weighted by atomic mass is 10.2. The van der Waals surface area contributed by atoms with Crippen LogP contribution in [0, 0.1) is 13.8 Å². The topological polar surface area (TPSA) is 64.1 Å². The Kier molecular flexibility index (Phi) is 6.11. The minimum absolute atomic E-state index is 0.136. The van der Waals surface area contributed by atoms with E-state index < -0.39 is 0 Å². The van der Waals surface area contributed by atoms with Gasteiger partial charge < -0.3 is 10.1 Å². The number of unbranched alkanes of at least 4 members (excludes halogenated alkanes) is 2. The number of carbonyl (C=O) groups excluding carboxylic acids is 1. The second-order valence-electron chi connectivity index (χ2n) is 4.26. The monoisotopic (exact) mass is 251 g/mol. The molecule has 0 saturated heterocycles. The molecule has 1 N–H and O–H groups in total. The van der Waals surface area contributed by atoms with Gasteiger partial charge in [0.05, 0.1) is 18.5 Å². The van der Waals surface area contributed by atoms with E-state index in [9.17, 15) is 4.79 Å². The average Bonchev–Trinajstić information content (AvgIpc) is 2.37. The minimum Gasteiger partial charge on any atom is -0.469 e. The van der Waals surface area contributed by atoms with Crippen molar-refractivity contribution >= 4 is 11.8 Å². The summed E-state index contributed by atoms with van der Waals surface area (Å²) in [7, 11) is 1.42. The lowest BCUT2D eigenvalue weighted by Crippen LogP contribution is -2.07. The van der Waals surface area contributed by atoms with Gasteiger partial charge in [-0.05, 0) is 26.7 Å². The molecule has 0 amide bonds. The summed E-state index contributed by atoms with van der Waals surface area (Å²) in [4.78, 5) is 19.5. The first-order chi connectivity index (χ1) is 8.63. The van der Waals surface area contributed by atoms with Crippen LogP contribution >= 0.6 is 0 Å². The number of ether oxygens (including phenoxy) is 1. The molecule has 100 valence electrons. The minimum atomic E-state index is -0.136. The predicted molar refractivity (Wildman–Crippen MR) is 70.5 cm³/mol. The third-order valence-corrected chi connectivity index (χ3v) is 2.65.